The standard InChI is InChI=1S/C13H18ClN3O/c1-7-5-11(15)10(14)6-12(7)16-8(2)13(18)17-9-3-4-9/h5-6,8-9,16H,3-4,15H2,1-2H3,(H,17,18). The second-order valence-corrected chi connectivity index (χ2v) is 5.24. The van der Waals surface area contributed by atoms with Crippen LogP contribution in [-0.2, 0) is 4.79 Å². The van der Waals surface area contributed by atoms with E-state index in [-0.39, 0.29) is 11.9 Å². The van der Waals surface area contributed by atoms with Gasteiger partial charge in [-0.2, -0.15) is 0 Å². The maximum atomic E-state index is 11.8. The number of nitrogen functional groups attached to an aromatic ring is 1. The van der Waals surface area contributed by atoms with Gasteiger partial charge in [0.1, 0.15) is 6.04 Å². The maximum absolute atomic E-state index is 11.8. The average molecular weight is 268 g/mol. The molecule has 0 saturated heterocycles. The van der Waals surface area contributed by atoms with Crippen LogP contribution in [0.2, 0.25) is 5.02 Å². The summed E-state index contributed by atoms with van der Waals surface area (Å²) >= 11 is 5.98. The van der Waals surface area contributed by atoms with Gasteiger partial charge in [0.2, 0.25) is 5.91 Å². The van der Waals surface area contributed by atoms with Crippen LogP contribution in [0, 0.1) is 6.92 Å². The van der Waals surface area contributed by atoms with Gasteiger partial charge in [-0.3, -0.25) is 4.79 Å². The zero-order chi connectivity index (χ0) is 13.3. The monoisotopic (exact) mass is 267 g/mol. The van der Waals surface area contributed by atoms with E-state index in [4.69, 9.17) is 17.3 Å². The van der Waals surface area contributed by atoms with E-state index in [2.05, 4.69) is 10.6 Å². The van der Waals surface area contributed by atoms with Crippen LogP contribution in [0.15, 0.2) is 12.1 Å². The molecule has 1 atom stereocenters. The van der Waals surface area contributed by atoms with E-state index in [1.165, 1.54) is 0 Å². The first-order chi connectivity index (χ1) is 8.47. The van der Waals surface area contributed by atoms with Crippen LogP contribution in [0.1, 0.15) is 25.3 Å². The van der Waals surface area contributed by atoms with Gasteiger partial charge in [-0.1, -0.05) is 11.6 Å². The summed E-state index contributed by atoms with van der Waals surface area (Å²) in [6.07, 6.45) is 2.18. The highest BCUT2D eigenvalue weighted by molar-refractivity contribution is 6.33. The van der Waals surface area contributed by atoms with Crippen LogP contribution < -0.4 is 16.4 Å². The number of rotatable bonds is 4. The van der Waals surface area contributed by atoms with E-state index in [1.54, 1.807) is 12.1 Å². The molecule has 4 nitrogen and oxygen atoms in total. The van der Waals surface area contributed by atoms with E-state index < -0.39 is 0 Å². The summed E-state index contributed by atoms with van der Waals surface area (Å²) in [5.74, 6) is 0.0184. The fourth-order valence-corrected chi connectivity index (χ4v) is 1.88. The maximum Gasteiger partial charge on any atom is 0.242 e. The van der Waals surface area contributed by atoms with E-state index in [1.807, 2.05) is 13.8 Å². The zero-order valence-corrected chi connectivity index (χ0v) is 11.3. The number of hydrogen-bond donors (Lipinski definition) is 3. The first kappa shape index (κ1) is 13.0. The molecular formula is C13H18ClN3O. The van der Waals surface area contributed by atoms with Gasteiger partial charge in [0, 0.05) is 11.7 Å². The van der Waals surface area contributed by atoms with Crippen LogP contribution in [-0.4, -0.2) is 18.0 Å². The highest BCUT2D eigenvalue weighted by Crippen LogP contribution is 2.27. The Morgan fingerprint density at radius 3 is 2.78 bits per heavy atom. The molecule has 1 saturated carbocycles. The third-order valence-electron chi connectivity index (χ3n) is 3.03. The van der Waals surface area contributed by atoms with Crippen LogP contribution in [0.3, 0.4) is 0 Å². The van der Waals surface area contributed by atoms with E-state index in [9.17, 15) is 4.79 Å². The van der Waals surface area contributed by atoms with Crippen molar-refractivity contribution in [3.8, 4) is 0 Å². The zero-order valence-electron chi connectivity index (χ0n) is 10.6. The molecule has 1 fully saturated rings. The van der Waals surface area contributed by atoms with Gasteiger partial charge in [-0.05, 0) is 44.4 Å². The highest BCUT2D eigenvalue weighted by atomic mass is 35.5. The SMILES string of the molecule is Cc1cc(N)c(Cl)cc1NC(C)C(=O)NC1CC1. The fraction of sp³-hybridized carbons (Fsp3) is 0.462. The van der Waals surface area contributed by atoms with Gasteiger partial charge in [0.15, 0.2) is 0 Å². The Bertz CT molecular complexity index is 472. The van der Waals surface area contributed by atoms with Crippen LogP contribution in [0.4, 0.5) is 11.4 Å². The number of carbonyl (C=O) groups is 1. The van der Waals surface area contributed by atoms with Crippen molar-refractivity contribution in [3.63, 3.8) is 0 Å². The second-order valence-electron chi connectivity index (χ2n) is 4.84. The molecule has 1 unspecified atom stereocenters. The van der Waals surface area contributed by atoms with E-state index in [0.29, 0.717) is 16.8 Å². The van der Waals surface area contributed by atoms with Crippen molar-refractivity contribution in [2.45, 2.75) is 38.8 Å². The number of benzene rings is 1. The van der Waals surface area contributed by atoms with Crippen molar-refractivity contribution < 1.29 is 4.79 Å². The summed E-state index contributed by atoms with van der Waals surface area (Å²) in [5, 5.41) is 6.62. The third-order valence-corrected chi connectivity index (χ3v) is 3.36. The van der Waals surface area contributed by atoms with Gasteiger partial charge >= 0.3 is 0 Å². The molecule has 1 aromatic rings. The van der Waals surface area contributed by atoms with Crippen LogP contribution in [0.25, 0.3) is 0 Å². The molecule has 2 rings (SSSR count). The lowest BCUT2D eigenvalue weighted by Crippen LogP contribution is -2.38. The minimum atomic E-state index is -0.288. The summed E-state index contributed by atoms with van der Waals surface area (Å²) in [4.78, 5) is 11.8. The summed E-state index contributed by atoms with van der Waals surface area (Å²) in [7, 11) is 0. The van der Waals surface area contributed by atoms with Crippen molar-refractivity contribution in [3.05, 3.63) is 22.7 Å². The molecule has 18 heavy (non-hydrogen) atoms. The Morgan fingerprint density at radius 1 is 1.50 bits per heavy atom. The molecule has 98 valence electrons. The summed E-state index contributed by atoms with van der Waals surface area (Å²) in [6.45, 7) is 3.77. The number of amides is 1. The van der Waals surface area contributed by atoms with Crippen molar-refractivity contribution in [1.29, 1.82) is 0 Å². The van der Waals surface area contributed by atoms with Gasteiger partial charge in [-0.25, -0.2) is 0 Å². The Kier molecular flexibility index (Phi) is 3.66. The number of carbonyl (C=O) groups excluding carboxylic acids is 1. The molecule has 0 radical (unpaired) electrons. The number of anilines is 2. The average Bonchev–Trinajstić information content (AvgIpc) is 3.09. The first-order valence-electron chi connectivity index (χ1n) is 6.10. The molecular weight excluding hydrogens is 250 g/mol. The molecule has 1 amide bonds. The summed E-state index contributed by atoms with van der Waals surface area (Å²) < 4.78 is 0. The number of nitrogens with two attached hydrogens (primary N) is 1. The predicted octanol–water partition coefficient (Wildman–Crippen LogP) is 2.31. The summed E-state index contributed by atoms with van der Waals surface area (Å²) in [6, 6.07) is 3.64. The lowest BCUT2D eigenvalue weighted by Gasteiger charge is -2.17. The van der Waals surface area contributed by atoms with Crippen LogP contribution in [0.5, 0.6) is 0 Å². The Balaban J connectivity index is 2.03. The van der Waals surface area contributed by atoms with Gasteiger partial charge in [0.25, 0.3) is 0 Å². The second kappa shape index (κ2) is 5.06. The Hall–Kier alpha value is -1.42. The lowest BCUT2D eigenvalue weighted by molar-refractivity contribution is -0.121. The molecule has 5 heteroatoms. The van der Waals surface area contributed by atoms with Gasteiger partial charge < -0.3 is 16.4 Å². The molecule has 1 aliphatic carbocycles. The quantitative estimate of drug-likeness (QED) is 0.734. The first-order valence-corrected chi connectivity index (χ1v) is 6.47. The normalized spacial score (nSPS) is 16.2. The molecule has 0 bridgehead atoms. The molecule has 1 aromatic carbocycles. The number of halogens is 1. The minimum absolute atomic E-state index is 0.0184. The lowest BCUT2D eigenvalue weighted by atomic mass is 10.1. The largest absolute Gasteiger partial charge is 0.398 e. The van der Waals surface area contributed by atoms with Gasteiger partial charge in [-0.15, -0.1) is 0 Å². The molecule has 4 N–H and O–H groups in total. The Morgan fingerprint density at radius 2 is 2.17 bits per heavy atom. The predicted molar refractivity (Wildman–Crippen MR) is 74.9 cm³/mol. The fourth-order valence-electron chi connectivity index (χ4n) is 1.71. The number of nitrogens with one attached hydrogen (secondary N) is 2. The van der Waals surface area contributed by atoms with Crippen molar-refractivity contribution in [1.82, 2.24) is 5.32 Å². The Labute approximate surface area is 112 Å². The van der Waals surface area contributed by atoms with E-state index >= 15 is 0 Å². The molecule has 0 heterocycles. The topological polar surface area (TPSA) is 67.1 Å². The van der Waals surface area contributed by atoms with Gasteiger partial charge in [0.05, 0.1) is 10.7 Å². The minimum Gasteiger partial charge on any atom is -0.398 e. The number of aryl methyl sites for hydroxylation is 1. The highest BCUT2D eigenvalue weighted by Gasteiger charge is 2.25. The van der Waals surface area contributed by atoms with Crippen molar-refractivity contribution >= 4 is 28.9 Å². The number of hydrogen-bond acceptors (Lipinski definition) is 3. The molecule has 0 spiro atoms. The molecule has 1 aliphatic rings. The van der Waals surface area contributed by atoms with Crippen molar-refractivity contribution in [2.75, 3.05) is 11.1 Å². The molecule has 0 aromatic heterocycles. The summed E-state index contributed by atoms with van der Waals surface area (Å²) in [5.41, 5.74) is 8.08. The van der Waals surface area contributed by atoms with Crippen LogP contribution >= 0.6 is 11.6 Å². The third kappa shape index (κ3) is 3.07. The smallest absolute Gasteiger partial charge is 0.242 e. The van der Waals surface area contributed by atoms with E-state index in [0.717, 1.165) is 24.1 Å². The van der Waals surface area contributed by atoms with Crippen molar-refractivity contribution in [2.24, 2.45) is 0 Å². The molecule has 0 aliphatic heterocycles.